The van der Waals surface area contributed by atoms with Gasteiger partial charge in [-0.05, 0) is 19.8 Å². The first kappa shape index (κ1) is 15.4. The SMILES string of the molecule is Cc1nc(CC(=O)N2CCC3(CC2)CN(C)C(=O)CO3)cs1. The summed E-state index contributed by atoms with van der Waals surface area (Å²) in [7, 11) is 1.81. The van der Waals surface area contributed by atoms with Crippen LogP contribution in [-0.2, 0) is 20.7 Å². The van der Waals surface area contributed by atoms with Crippen LogP contribution in [-0.4, -0.2) is 65.5 Å². The second-order valence-electron chi connectivity index (χ2n) is 6.14. The maximum atomic E-state index is 12.3. The lowest BCUT2D eigenvalue weighted by molar-refractivity contribution is -0.170. The number of rotatable bonds is 2. The summed E-state index contributed by atoms with van der Waals surface area (Å²) in [5, 5.41) is 2.94. The molecule has 3 rings (SSSR count). The summed E-state index contributed by atoms with van der Waals surface area (Å²) >= 11 is 1.57. The molecule has 0 aliphatic carbocycles. The number of piperidine rings is 1. The Morgan fingerprint density at radius 1 is 1.45 bits per heavy atom. The largest absolute Gasteiger partial charge is 0.363 e. The number of carbonyl (C=O) groups is 2. The van der Waals surface area contributed by atoms with Crippen LogP contribution in [0.15, 0.2) is 5.38 Å². The Kier molecular flexibility index (Phi) is 4.18. The molecule has 2 fully saturated rings. The maximum Gasteiger partial charge on any atom is 0.248 e. The van der Waals surface area contributed by atoms with Crippen LogP contribution in [0.4, 0.5) is 0 Å². The van der Waals surface area contributed by atoms with Gasteiger partial charge in [-0.15, -0.1) is 11.3 Å². The molecule has 2 aliphatic rings. The van der Waals surface area contributed by atoms with Crippen molar-refractivity contribution in [2.45, 2.75) is 31.8 Å². The van der Waals surface area contributed by atoms with Crippen LogP contribution in [0.1, 0.15) is 23.5 Å². The third-order valence-corrected chi connectivity index (χ3v) is 5.30. The molecule has 0 saturated carbocycles. The molecule has 0 N–H and O–H groups in total. The molecular formula is C15H21N3O3S. The summed E-state index contributed by atoms with van der Waals surface area (Å²) in [6.07, 6.45) is 1.94. The van der Waals surface area contributed by atoms with E-state index in [0.29, 0.717) is 26.1 Å². The van der Waals surface area contributed by atoms with Crippen molar-refractivity contribution in [3.05, 3.63) is 16.1 Å². The molecule has 22 heavy (non-hydrogen) atoms. The summed E-state index contributed by atoms with van der Waals surface area (Å²) in [5.74, 6) is 0.156. The molecule has 1 aromatic heterocycles. The van der Waals surface area contributed by atoms with Gasteiger partial charge in [-0.25, -0.2) is 4.98 Å². The normalized spacial score (nSPS) is 21.5. The van der Waals surface area contributed by atoms with Gasteiger partial charge in [0, 0.05) is 32.1 Å². The predicted octanol–water partition coefficient (Wildman–Crippen LogP) is 0.844. The standard InChI is InChI=1S/C15H21N3O3S/c1-11-16-12(9-22-11)7-13(19)18-5-3-15(4-6-18)10-17(2)14(20)8-21-15/h9H,3-8,10H2,1-2H3. The van der Waals surface area contributed by atoms with Gasteiger partial charge in [0.25, 0.3) is 0 Å². The Balaban J connectivity index is 1.55. The van der Waals surface area contributed by atoms with Crippen molar-refractivity contribution in [3.8, 4) is 0 Å². The second-order valence-corrected chi connectivity index (χ2v) is 7.20. The highest BCUT2D eigenvalue weighted by Gasteiger charge is 2.41. The number of morpholine rings is 1. The summed E-state index contributed by atoms with van der Waals surface area (Å²) in [5.41, 5.74) is 0.587. The van der Waals surface area contributed by atoms with E-state index in [1.165, 1.54) is 0 Å². The first-order valence-electron chi connectivity index (χ1n) is 7.54. The Morgan fingerprint density at radius 2 is 2.18 bits per heavy atom. The molecule has 1 aromatic rings. The fraction of sp³-hybridized carbons (Fsp3) is 0.667. The van der Waals surface area contributed by atoms with Gasteiger partial charge in [-0.3, -0.25) is 9.59 Å². The lowest BCUT2D eigenvalue weighted by Gasteiger charge is -2.46. The molecule has 2 amide bonds. The number of thiazole rings is 1. The second kappa shape index (κ2) is 5.96. The number of likely N-dealkylation sites (N-methyl/N-ethyl adjacent to an activating group) is 1. The third-order valence-electron chi connectivity index (χ3n) is 4.48. The average molecular weight is 323 g/mol. The predicted molar refractivity (Wildman–Crippen MR) is 82.7 cm³/mol. The monoisotopic (exact) mass is 323 g/mol. The van der Waals surface area contributed by atoms with E-state index in [2.05, 4.69) is 4.98 Å². The van der Waals surface area contributed by atoms with Crippen molar-refractivity contribution in [2.75, 3.05) is 33.3 Å². The lowest BCUT2D eigenvalue weighted by Crippen LogP contribution is -2.58. The van der Waals surface area contributed by atoms with Crippen LogP contribution in [0.5, 0.6) is 0 Å². The fourth-order valence-corrected chi connectivity index (χ4v) is 3.73. The average Bonchev–Trinajstić information content (AvgIpc) is 2.89. The number of nitrogens with zero attached hydrogens (tertiary/aromatic N) is 3. The van der Waals surface area contributed by atoms with Crippen molar-refractivity contribution in [3.63, 3.8) is 0 Å². The fourth-order valence-electron chi connectivity index (χ4n) is 3.11. The minimum Gasteiger partial charge on any atom is -0.363 e. The quantitative estimate of drug-likeness (QED) is 0.809. The zero-order valence-electron chi connectivity index (χ0n) is 13.0. The number of aryl methyl sites for hydroxylation is 1. The maximum absolute atomic E-state index is 12.3. The lowest BCUT2D eigenvalue weighted by atomic mass is 9.89. The minimum atomic E-state index is -0.267. The summed E-state index contributed by atoms with van der Waals surface area (Å²) in [4.78, 5) is 31.9. The molecule has 0 aromatic carbocycles. The van der Waals surface area contributed by atoms with E-state index in [-0.39, 0.29) is 24.0 Å². The zero-order chi connectivity index (χ0) is 15.7. The van der Waals surface area contributed by atoms with Crippen LogP contribution in [0.3, 0.4) is 0 Å². The van der Waals surface area contributed by atoms with Crippen molar-refractivity contribution < 1.29 is 14.3 Å². The van der Waals surface area contributed by atoms with Crippen LogP contribution >= 0.6 is 11.3 Å². The summed E-state index contributed by atoms with van der Waals surface area (Å²) < 4.78 is 5.80. The molecule has 0 radical (unpaired) electrons. The molecule has 1 spiro atoms. The number of amides is 2. The van der Waals surface area contributed by atoms with Crippen molar-refractivity contribution in [2.24, 2.45) is 0 Å². The topological polar surface area (TPSA) is 62.7 Å². The number of likely N-dealkylation sites (tertiary alicyclic amines) is 1. The molecular weight excluding hydrogens is 302 g/mol. The molecule has 7 heteroatoms. The van der Waals surface area contributed by atoms with Gasteiger partial charge in [0.2, 0.25) is 11.8 Å². The third kappa shape index (κ3) is 3.15. The summed E-state index contributed by atoms with van der Waals surface area (Å²) in [6, 6.07) is 0. The van der Waals surface area contributed by atoms with Gasteiger partial charge < -0.3 is 14.5 Å². The van der Waals surface area contributed by atoms with Crippen molar-refractivity contribution in [1.82, 2.24) is 14.8 Å². The Hall–Kier alpha value is -1.47. The molecule has 2 aliphatic heterocycles. The molecule has 120 valence electrons. The van der Waals surface area contributed by atoms with E-state index in [4.69, 9.17) is 4.74 Å². The number of hydrogen-bond acceptors (Lipinski definition) is 5. The van der Waals surface area contributed by atoms with Crippen LogP contribution < -0.4 is 0 Å². The van der Waals surface area contributed by atoms with E-state index in [9.17, 15) is 9.59 Å². The minimum absolute atomic E-state index is 0.0306. The number of hydrogen-bond donors (Lipinski definition) is 0. The van der Waals surface area contributed by atoms with Gasteiger partial charge in [0.05, 0.1) is 22.7 Å². The van der Waals surface area contributed by atoms with Gasteiger partial charge in [0.1, 0.15) is 6.61 Å². The van der Waals surface area contributed by atoms with Crippen molar-refractivity contribution in [1.29, 1.82) is 0 Å². The highest BCUT2D eigenvalue weighted by atomic mass is 32.1. The Bertz CT molecular complexity index is 578. The first-order valence-corrected chi connectivity index (χ1v) is 8.42. The van der Waals surface area contributed by atoms with Gasteiger partial charge in [-0.1, -0.05) is 0 Å². The van der Waals surface area contributed by atoms with E-state index in [0.717, 1.165) is 23.5 Å². The van der Waals surface area contributed by atoms with E-state index in [1.54, 1.807) is 16.2 Å². The molecule has 0 atom stereocenters. The van der Waals surface area contributed by atoms with Crippen LogP contribution in [0.25, 0.3) is 0 Å². The molecule has 3 heterocycles. The van der Waals surface area contributed by atoms with E-state index in [1.807, 2.05) is 24.3 Å². The number of carbonyl (C=O) groups excluding carboxylic acids is 2. The Labute approximate surface area is 134 Å². The number of ether oxygens (including phenoxy) is 1. The van der Waals surface area contributed by atoms with E-state index >= 15 is 0 Å². The van der Waals surface area contributed by atoms with Gasteiger partial charge >= 0.3 is 0 Å². The highest BCUT2D eigenvalue weighted by Crippen LogP contribution is 2.30. The van der Waals surface area contributed by atoms with Gasteiger partial charge in [0.15, 0.2) is 0 Å². The van der Waals surface area contributed by atoms with E-state index < -0.39 is 0 Å². The smallest absolute Gasteiger partial charge is 0.248 e. The van der Waals surface area contributed by atoms with Crippen LogP contribution in [0, 0.1) is 6.92 Å². The van der Waals surface area contributed by atoms with Crippen LogP contribution in [0.2, 0.25) is 0 Å². The molecule has 2 saturated heterocycles. The van der Waals surface area contributed by atoms with Gasteiger partial charge in [-0.2, -0.15) is 0 Å². The van der Waals surface area contributed by atoms with Crippen molar-refractivity contribution >= 4 is 23.2 Å². The molecule has 6 nitrogen and oxygen atoms in total. The zero-order valence-corrected chi connectivity index (χ0v) is 13.8. The molecule has 0 bridgehead atoms. The summed E-state index contributed by atoms with van der Waals surface area (Å²) in [6.45, 7) is 4.09. The number of aromatic nitrogens is 1. The molecule has 0 unspecified atom stereocenters. The first-order chi connectivity index (χ1) is 10.5. The Morgan fingerprint density at radius 3 is 2.77 bits per heavy atom. The highest BCUT2D eigenvalue weighted by molar-refractivity contribution is 7.09.